The van der Waals surface area contributed by atoms with E-state index in [0.29, 0.717) is 46.5 Å². The molecule has 0 saturated heterocycles. The zero-order valence-corrected chi connectivity index (χ0v) is 21.6. The Hall–Kier alpha value is -4.01. The van der Waals surface area contributed by atoms with Crippen molar-refractivity contribution in [1.82, 2.24) is 4.98 Å². The van der Waals surface area contributed by atoms with Gasteiger partial charge in [-0.1, -0.05) is 68.9 Å². The summed E-state index contributed by atoms with van der Waals surface area (Å²) in [5, 5.41) is 22.6. The Morgan fingerprint density at radius 3 is 2.33 bits per heavy atom. The van der Waals surface area contributed by atoms with Gasteiger partial charge in [-0.3, -0.25) is 4.79 Å². The van der Waals surface area contributed by atoms with Crippen LogP contribution in [0.2, 0.25) is 0 Å². The van der Waals surface area contributed by atoms with Gasteiger partial charge >= 0.3 is 0 Å². The third-order valence-electron chi connectivity index (χ3n) is 5.64. The molecule has 0 aliphatic rings. The molecular formula is C28H29N5O2S. The van der Waals surface area contributed by atoms with Crippen LogP contribution in [-0.2, 0) is 4.79 Å². The Balaban J connectivity index is 2.00. The van der Waals surface area contributed by atoms with Crippen molar-refractivity contribution in [3.8, 4) is 29.0 Å². The summed E-state index contributed by atoms with van der Waals surface area (Å²) in [5.41, 5.74) is 9.39. The number of carbonyl (C=O) groups is 1. The molecule has 184 valence electrons. The number of hydrogen-bond donors (Lipinski definition) is 2. The van der Waals surface area contributed by atoms with Crippen LogP contribution in [0.15, 0.2) is 53.6 Å². The number of nitrogens with one attached hydrogen (secondary N) is 1. The van der Waals surface area contributed by atoms with E-state index in [1.54, 1.807) is 12.1 Å². The first-order valence-corrected chi connectivity index (χ1v) is 12.7. The Morgan fingerprint density at radius 2 is 1.75 bits per heavy atom. The number of carbonyl (C=O) groups excluding carboxylic acids is 1. The van der Waals surface area contributed by atoms with Gasteiger partial charge in [0.2, 0.25) is 5.91 Å². The number of nitrogen functional groups attached to an aromatic ring is 1. The van der Waals surface area contributed by atoms with E-state index in [9.17, 15) is 15.3 Å². The summed E-state index contributed by atoms with van der Waals surface area (Å²) in [6.07, 6.45) is 0.484. The number of para-hydroxylation sites is 2. The third-order valence-corrected chi connectivity index (χ3v) is 6.99. The number of pyridine rings is 1. The average molecular weight is 500 g/mol. The minimum absolute atomic E-state index is 0.0267. The number of rotatable bonds is 9. The second-order valence-corrected chi connectivity index (χ2v) is 9.55. The number of benzene rings is 2. The fourth-order valence-electron chi connectivity index (χ4n) is 3.73. The molecule has 3 rings (SSSR count). The van der Waals surface area contributed by atoms with Crippen molar-refractivity contribution in [3.63, 3.8) is 0 Å². The maximum atomic E-state index is 13.2. The lowest BCUT2D eigenvalue weighted by molar-refractivity contribution is -0.115. The number of nitrogens with two attached hydrogens (primary N) is 1. The molecule has 0 aliphatic carbocycles. The predicted octanol–water partition coefficient (Wildman–Crippen LogP) is 6.11. The fraction of sp³-hybridized carbons (Fsp3) is 0.286. The molecule has 3 N–H and O–H groups in total. The highest BCUT2D eigenvalue weighted by atomic mass is 32.2. The number of aromatic nitrogens is 1. The highest BCUT2D eigenvalue weighted by Gasteiger charge is 2.26. The molecule has 2 aromatic carbocycles. The molecule has 0 saturated carbocycles. The number of nitrogens with zero attached hydrogens (tertiary/aromatic N) is 3. The fourth-order valence-corrected chi connectivity index (χ4v) is 4.75. The first-order valence-electron chi connectivity index (χ1n) is 11.8. The molecule has 3 aromatic rings. The van der Waals surface area contributed by atoms with Gasteiger partial charge in [-0.05, 0) is 42.5 Å². The number of thioether (sulfide) groups is 1. The second kappa shape index (κ2) is 12.1. The van der Waals surface area contributed by atoms with Crippen molar-refractivity contribution in [2.45, 2.75) is 50.3 Å². The van der Waals surface area contributed by atoms with Gasteiger partial charge in [0.15, 0.2) is 0 Å². The Kier molecular flexibility index (Phi) is 8.94. The number of nitriles is 2. The SMILES string of the molecule is CCOc1ccccc1NC(=O)C(CC)Sc1nc(N)c(C#N)c(-c2ccc(C(C)C)cc2)c1C#N. The molecule has 0 spiro atoms. The lowest BCUT2D eigenvalue weighted by atomic mass is 9.94. The zero-order valence-electron chi connectivity index (χ0n) is 20.8. The van der Waals surface area contributed by atoms with Gasteiger partial charge in [0, 0.05) is 5.56 Å². The molecule has 1 aromatic heterocycles. The maximum Gasteiger partial charge on any atom is 0.238 e. The smallest absolute Gasteiger partial charge is 0.238 e. The quantitative estimate of drug-likeness (QED) is 0.340. The van der Waals surface area contributed by atoms with Crippen LogP contribution < -0.4 is 15.8 Å². The summed E-state index contributed by atoms with van der Waals surface area (Å²) >= 11 is 1.16. The van der Waals surface area contributed by atoms with E-state index in [-0.39, 0.29) is 22.9 Å². The predicted molar refractivity (Wildman–Crippen MR) is 144 cm³/mol. The van der Waals surface area contributed by atoms with Crippen molar-refractivity contribution >= 4 is 29.2 Å². The molecule has 1 amide bonds. The molecule has 0 bridgehead atoms. The van der Waals surface area contributed by atoms with Gasteiger partial charge in [0.25, 0.3) is 0 Å². The van der Waals surface area contributed by atoms with Crippen LogP contribution in [0.25, 0.3) is 11.1 Å². The van der Waals surface area contributed by atoms with E-state index >= 15 is 0 Å². The van der Waals surface area contributed by atoms with Crippen LogP contribution in [0.3, 0.4) is 0 Å². The number of hydrogen-bond acceptors (Lipinski definition) is 7. The zero-order chi connectivity index (χ0) is 26.2. The third kappa shape index (κ3) is 5.79. The molecule has 0 fully saturated rings. The van der Waals surface area contributed by atoms with Crippen LogP contribution >= 0.6 is 11.8 Å². The van der Waals surface area contributed by atoms with Crippen molar-refractivity contribution in [3.05, 3.63) is 65.2 Å². The molecule has 1 heterocycles. The topological polar surface area (TPSA) is 125 Å². The van der Waals surface area contributed by atoms with Gasteiger partial charge in [0.05, 0.1) is 23.1 Å². The van der Waals surface area contributed by atoms with E-state index in [0.717, 1.165) is 17.3 Å². The summed E-state index contributed by atoms with van der Waals surface area (Å²) in [6.45, 7) is 8.42. The summed E-state index contributed by atoms with van der Waals surface area (Å²) in [6, 6.07) is 19.3. The van der Waals surface area contributed by atoms with E-state index < -0.39 is 5.25 Å². The van der Waals surface area contributed by atoms with E-state index in [4.69, 9.17) is 10.5 Å². The molecule has 1 atom stereocenters. The van der Waals surface area contributed by atoms with Crippen LogP contribution in [0.5, 0.6) is 5.75 Å². The first-order chi connectivity index (χ1) is 17.3. The normalized spacial score (nSPS) is 11.4. The van der Waals surface area contributed by atoms with Crippen LogP contribution in [0.4, 0.5) is 11.5 Å². The van der Waals surface area contributed by atoms with Gasteiger partial charge in [-0.15, -0.1) is 0 Å². The first kappa shape index (κ1) is 26.6. The van der Waals surface area contributed by atoms with Gasteiger partial charge < -0.3 is 15.8 Å². The van der Waals surface area contributed by atoms with Gasteiger partial charge in [0.1, 0.15) is 34.3 Å². The summed E-state index contributed by atoms with van der Waals surface area (Å²) in [5.74, 6) is 0.707. The van der Waals surface area contributed by atoms with E-state index in [2.05, 4.69) is 36.3 Å². The van der Waals surface area contributed by atoms with E-state index in [1.807, 2.05) is 50.2 Å². The van der Waals surface area contributed by atoms with E-state index in [1.165, 1.54) is 0 Å². The number of ether oxygens (including phenoxy) is 1. The lowest BCUT2D eigenvalue weighted by Gasteiger charge is -2.18. The molecule has 7 nitrogen and oxygen atoms in total. The maximum absolute atomic E-state index is 13.2. The molecule has 0 radical (unpaired) electrons. The molecule has 1 unspecified atom stereocenters. The van der Waals surface area contributed by atoms with Crippen molar-refractivity contribution in [2.75, 3.05) is 17.7 Å². The lowest BCUT2D eigenvalue weighted by Crippen LogP contribution is -2.25. The van der Waals surface area contributed by atoms with Crippen molar-refractivity contribution in [1.29, 1.82) is 10.5 Å². The standard InChI is InChI=1S/C28H29N5O2S/c1-5-24(27(34)32-22-9-7-8-10-23(22)35-6-2)36-28-21(16-30)25(20(15-29)26(31)33-28)19-13-11-18(12-14-19)17(3)4/h7-14,17,24H,5-6H2,1-4H3,(H2,31,33)(H,32,34). The Morgan fingerprint density at radius 1 is 1.08 bits per heavy atom. The number of anilines is 2. The molecule has 36 heavy (non-hydrogen) atoms. The molecular weight excluding hydrogens is 470 g/mol. The van der Waals surface area contributed by atoms with Crippen LogP contribution in [0.1, 0.15) is 56.7 Å². The highest BCUT2D eigenvalue weighted by molar-refractivity contribution is 8.00. The monoisotopic (exact) mass is 499 g/mol. The van der Waals surface area contributed by atoms with Gasteiger partial charge in [-0.2, -0.15) is 10.5 Å². The number of amides is 1. The summed E-state index contributed by atoms with van der Waals surface area (Å²) in [4.78, 5) is 17.5. The second-order valence-electron chi connectivity index (χ2n) is 8.36. The highest BCUT2D eigenvalue weighted by Crippen LogP contribution is 2.38. The Labute approximate surface area is 216 Å². The molecule has 8 heteroatoms. The largest absolute Gasteiger partial charge is 0.492 e. The summed E-state index contributed by atoms with van der Waals surface area (Å²) in [7, 11) is 0. The van der Waals surface area contributed by atoms with Gasteiger partial charge in [-0.25, -0.2) is 4.98 Å². The van der Waals surface area contributed by atoms with Crippen molar-refractivity contribution in [2.24, 2.45) is 0 Å². The van der Waals surface area contributed by atoms with Crippen LogP contribution in [0, 0.1) is 22.7 Å². The minimum atomic E-state index is -0.553. The Bertz CT molecular complexity index is 1320. The van der Waals surface area contributed by atoms with Crippen molar-refractivity contribution < 1.29 is 9.53 Å². The minimum Gasteiger partial charge on any atom is -0.492 e. The van der Waals surface area contributed by atoms with Crippen LogP contribution in [-0.4, -0.2) is 22.7 Å². The average Bonchev–Trinajstić information content (AvgIpc) is 2.88. The molecule has 0 aliphatic heterocycles. The summed E-state index contributed by atoms with van der Waals surface area (Å²) < 4.78 is 5.61.